The quantitative estimate of drug-likeness (QED) is 0.354. The van der Waals surface area contributed by atoms with Crippen molar-refractivity contribution in [1.29, 1.82) is 0 Å². The fourth-order valence-corrected chi connectivity index (χ4v) is 4.65. The highest BCUT2D eigenvalue weighted by Crippen LogP contribution is 2.49. The Kier molecular flexibility index (Phi) is 6.80. The van der Waals surface area contributed by atoms with E-state index in [1.165, 1.54) is 7.11 Å². The van der Waals surface area contributed by atoms with Crippen LogP contribution in [0.15, 0.2) is 47.6 Å². The summed E-state index contributed by atoms with van der Waals surface area (Å²) >= 11 is 6.46. The minimum absolute atomic E-state index is 0.180. The molecule has 0 aromatic heterocycles. The Bertz CT molecular complexity index is 1030. The van der Waals surface area contributed by atoms with Gasteiger partial charge in [-0.2, -0.15) is 0 Å². The SMILES string of the molecule is CCC(=NOC)c1ccc(Cc2cc(C34OCC(CO)(O3)C(O)C(O)C4O)ccc2Cl)cc1. The zero-order valence-electron chi connectivity index (χ0n) is 18.4. The van der Waals surface area contributed by atoms with Crippen molar-refractivity contribution < 1.29 is 34.7 Å². The van der Waals surface area contributed by atoms with Crippen molar-refractivity contribution in [3.8, 4) is 0 Å². The molecule has 0 radical (unpaired) electrons. The van der Waals surface area contributed by atoms with Crippen LogP contribution in [0.1, 0.15) is 35.6 Å². The highest BCUT2D eigenvalue weighted by molar-refractivity contribution is 6.31. The van der Waals surface area contributed by atoms with Crippen molar-refractivity contribution in [3.63, 3.8) is 0 Å². The molecule has 2 fully saturated rings. The monoisotopic (exact) mass is 477 g/mol. The number of nitrogens with zero attached hydrogens (tertiary/aromatic N) is 1. The lowest BCUT2D eigenvalue weighted by Crippen LogP contribution is -2.65. The normalized spacial score (nSPS) is 31.6. The maximum atomic E-state index is 10.8. The van der Waals surface area contributed by atoms with Crippen molar-refractivity contribution in [2.75, 3.05) is 20.3 Å². The number of hydrogen-bond donors (Lipinski definition) is 4. The number of aliphatic hydroxyl groups is 4. The van der Waals surface area contributed by atoms with Crippen LogP contribution in [0, 0.1) is 0 Å². The molecule has 33 heavy (non-hydrogen) atoms. The Morgan fingerprint density at radius 3 is 2.52 bits per heavy atom. The summed E-state index contributed by atoms with van der Waals surface area (Å²) in [7, 11) is 1.52. The Morgan fingerprint density at radius 1 is 1.15 bits per heavy atom. The lowest BCUT2D eigenvalue weighted by atomic mass is 9.83. The molecule has 0 spiro atoms. The van der Waals surface area contributed by atoms with Crippen LogP contribution in [-0.2, 0) is 26.5 Å². The first-order valence-corrected chi connectivity index (χ1v) is 11.2. The molecule has 9 heteroatoms. The number of hydrogen-bond acceptors (Lipinski definition) is 8. The van der Waals surface area contributed by atoms with E-state index in [0.29, 0.717) is 17.0 Å². The predicted molar refractivity (Wildman–Crippen MR) is 121 cm³/mol. The molecular formula is C24H28ClNO7. The maximum Gasteiger partial charge on any atom is 0.225 e. The van der Waals surface area contributed by atoms with E-state index >= 15 is 0 Å². The summed E-state index contributed by atoms with van der Waals surface area (Å²) in [5.41, 5.74) is 2.49. The maximum absolute atomic E-state index is 10.8. The van der Waals surface area contributed by atoms with Crippen LogP contribution in [0.3, 0.4) is 0 Å². The molecule has 4 rings (SSSR count). The largest absolute Gasteiger partial charge is 0.399 e. The lowest BCUT2D eigenvalue weighted by molar-refractivity contribution is -0.329. The van der Waals surface area contributed by atoms with E-state index in [1.54, 1.807) is 18.2 Å². The first kappa shape index (κ1) is 24.1. The minimum Gasteiger partial charge on any atom is -0.399 e. The molecule has 2 aromatic rings. The number of halogens is 1. The second kappa shape index (κ2) is 9.31. The highest BCUT2D eigenvalue weighted by Gasteiger charge is 2.67. The number of oxime groups is 1. The molecule has 0 amide bonds. The molecular weight excluding hydrogens is 450 g/mol. The molecule has 4 N–H and O–H groups in total. The summed E-state index contributed by atoms with van der Waals surface area (Å²) in [6.07, 6.45) is -3.37. The third-order valence-electron chi connectivity index (χ3n) is 6.40. The average molecular weight is 478 g/mol. The summed E-state index contributed by atoms with van der Waals surface area (Å²) < 4.78 is 11.7. The van der Waals surface area contributed by atoms with E-state index in [0.717, 1.165) is 28.8 Å². The molecule has 0 aliphatic carbocycles. The summed E-state index contributed by atoms with van der Waals surface area (Å²) in [6.45, 7) is 1.25. The highest BCUT2D eigenvalue weighted by atomic mass is 35.5. The number of fused-ring (bicyclic) bond motifs is 2. The molecule has 2 aliphatic rings. The molecule has 8 nitrogen and oxygen atoms in total. The van der Waals surface area contributed by atoms with Gasteiger partial charge in [0.05, 0.1) is 18.9 Å². The van der Waals surface area contributed by atoms with Crippen LogP contribution >= 0.6 is 11.6 Å². The van der Waals surface area contributed by atoms with Crippen molar-refractivity contribution in [2.45, 2.75) is 49.5 Å². The third-order valence-corrected chi connectivity index (χ3v) is 6.76. The second-order valence-corrected chi connectivity index (χ2v) is 8.82. The van der Waals surface area contributed by atoms with Gasteiger partial charge in [-0.05, 0) is 41.7 Å². The fraction of sp³-hybridized carbons (Fsp3) is 0.458. The molecule has 2 aromatic carbocycles. The predicted octanol–water partition coefficient (Wildman–Crippen LogP) is 1.72. The molecule has 5 unspecified atom stereocenters. The van der Waals surface area contributed by atoms with Gasteiger partial charge in [0.1, 0.15) is 31.0 Å². The number of benzene rings is 2. The first-order valence-electron chi connectivity index (χ1n) is 10.8. The summed E-state index contributed by atoms with van der Waals surface area (Å²) in [5, 5.41) is 45.9. The van der Waals surface area contributed by atoms with Crippen LogP contribution in [-0.4, -0.2) is 70.4 Å². The van der Waals surface area contributed by atoms with Gasteiger partial charge in [-0.3, -0.25) is 0 Å². The van der Waals surface area contributed by atoms with Gasteiger partial charge in [0.25, 0.3) is 0 Å². The van der Waals surface area contributed by atoms with Gasteiger partial charge in [-0.1, -0.05) is 54.0 Å². The van der Waals surface area contributed by atoms with Gasteiger partial charge in [-0.25, -0.2) is 0 Å². The van der Waals surface area contributed by atoms with Gasteiger partial charge in [-0.15, -0.1) is 0 Å². The van der Waals surface area contributed by atoms with Crippen LogP contribution < -0.4 is 0 Å². The van der Waals surface area contributed by atoms with Gasteiger partial charge < -0.3 is 34.7 Å². The molecule has 5 atom stereocenters. The number of ether oxygens (including phenoxy) is 2. The molecule has 178 valence electrons. The van der Waals surface area contributed by atoms with E-state index in [9.17, 15) is 20.4 Å². The zero-order chi connectivity index (χ0) is 23.8. The summed E-state index contributed by atoms with van der Waals surface area (Å²) in [4.78, 5) is 4.90. The Morgan fingerprint density at radius 2 is 1.88 bits per heavy atom. The summed E-state index contributed by atoms with van der Waals surface area (Å²) in [5.74, 6) is -1.72. The molecule has 0 saturated carbocycles. The van der Waals surface area contributed by atoms with Gasteiger partial charge in [0.15, 0.2) is 0 Å². The van der Waals surface area contributed by atoms with Crippen LogP contribution in [0.25, 0.3) is 0 Å². The van der Waals surface area contributed by atoms with Crippen molar-refractivity contribution in [2.24, 2.45) is 5.16 Å². The van der Waals surface area contributed by atoms with Crippen molar-refractivity contribution in [3.05, 3.63) is 69.7 Å². The van der Waals surface area contributed by atoms with Gasteiger partial charge >= 0.3 is 0 Å². The minimum atomic E-state index is -1.72. The molecule has 2 saturated heterocycles. The fourth-order valence-electron chi connectivity index (χ4n) is 4.47. The van der Waals surface area contributed by atoms with Crippen LogP contribution in [0.5, 0.6) is 0 Å². The zero-order valence-corrected chi connectivity index (χ0v) is 19.2. The number of rotatable bonds is 7. The Labute approximate surface area is 197 Å². The lowest BCUT2D eigenvalue weighted by Gasteiger charge is -2.46. The van der Waals surface area contributed by atoms with Gasteiger partial charge in [0.2, 0.25) is 5.79 Å². The standard InChI is InChI=1S/C24H28ClNO7/c1-3-19(26-31-2)15-6-4-14(5-7-15)10-16-11-17(8-9-18(16)25)24-22(30)20(28)21(29)23(12-27,33-24)13-32-24/h4-9,11,20-22,27-30H,3,10,12-13H2,1-2H3. The van der Waals surface area contributed by atoms with Crippen LogP contribution in [0.4, 0.5) is 0 Å². The van der Waals surface area contributed by atoms with Crippen LogP contribution in [0.2, 0.25) is 5.02 Å². The van der Waals surface area contributed by atoms with Gasteiger partial charge in [0, 0.05) is 10.6 Å². The van der Waals surface area contributed by atoms with E-state index in [-0.39, 0.29) is 6.61 Å². The van der Waals surface area contributed by atoms with Crippen molar-refractivity contribution in [1.82, 2.24) is 0 Å². The van der Waals surface area contributed by atoms with E-state index in [4.69, 9.17) is 25.9 Å². The van der Waals surface area contributed by atoms with E-state index in [2.05, 4.69) is 5.16 Å². The molecule has 2 heterocycles. The van der Waals surface area contributed by atoms with E-state index in [1.807, 2.05) is 31.2 Å². The topological polar surface area (TPSA) is 121 Å². The molecule has 2 bridgehead atoms. The van der Waals surface area contributed by atoms with E-state index < -0.39 is 36.3 Å². The third kappa shape index (κ3) is 4.06. The molecule has 2 aliphatic heterocycles. The summed E-state index contributed by atoms with van der Waals surface area (Å²) in [6, 6.07) is 13.0. The Balaban J connectivity index is 1.63. The van der Waals surface area contributed by atoms with Crippen molar-refractivity contribution >= 4 is 17.3 Å². The average Bonchev–Trinajstić information content (AvgIpc) is 3.22. The first-order chi connectivity index (χ1) is 15.8. The number of aliphatic hydroxyl groups excluding tert-OH is 4. The second-order valence-electron chi connectivity index (χ2n) is 8.42. The Hall–Kier alpha value is -2.04. The smallest absolute Gasteiger partial charge is 0.225 e.